The maximum atomic E-state index is 6.11. The Balaban J connectivity index is 1.41. The van der Waals surface area contributed by atoms with Crippen molar-refractivity contribution in [2.45, 2.75) is 38.7 Å². The third-order valence-corrected chi connectivity index (χ3v) is 5.75. The summed E-state index contributed by atoms with van der Waals surface area (Å²) < 4.78 is 6.11. The SMILES string of the molecule is CC1CCCN(c2cc(NCC3CCCOC3c3ccccc3)ncn2)C1. The van der Waals surface area contributed by atoms with Gasteiger partial charge in [-0.15, -0.1) is 0 Å². The van der Waals surface area contributed by atoms with Crippen molar-refractivity contribution in [3.05, 3.63) is 48.3 Å². The lowest BCUT2D eigenvalue weighted by Crippen LogP contribution is -2.35. The highest BCUT2D eigenvalue weighted by molar-refractivity contribution is 5.48. The van der Waals surface area contributed by atoms with Gasteiger partial charge in [-0.3, -0.25) is 0 Å². The number of hydrogen-bond acceptors (Lipinski definition) is 5. The van der Waals surface area contributed by atoms with E-state index in [0.29, 0.717) is 5.92 Å². The topological polar surface area (TPSA) is 50.3 Å². The van der Waals surface area contributed by atoms with Gasteiger partial charge in [-0.1, -0.05) is 37.3 Å². The second kappa shape index (κ2) is 8.70. The first-order valence-electron chi connectivity index (χ1n) is 10.3. The van der Waals surface area contributed by atoms with Crippen LogP contribution in [0.5, 0.6) is 0 Å². The molecule has 2 aliphatic heterocycles. The largest absolute Gasteiger partial charge is 0.373 e. The van der Waals surface area contributed by atoms with E-state index in [9.17, 15) is 0 Å². The van der Waals surface area contributed by atoms with E-state index in [2.05, 4.69) is 63.5 Å². The minimum Gasteiger partial charge on any atom is -0.373 e. The molecule has 0 amide bonds. The third-order valence-electron chi connectivity index (χ3n) is 5.75. The Morgan fingerprint density at radius 1 is 1.15 bits per heavy atom. The predicted octanol–water partition coefficient (Wildman–Crippen LogP) is 4.29. The number of hydrogen-bond donors (Lipinski definition) is 1. The molecule has 2 aromatic rings. The van der Waals surface area contributed by atoms with Crippen LogP contribution in [0.4, 0.5) is 11.6 Å². The molecule has 3 atom stereocenters. The van der Waals surface area contributed by atoms with E-state index < -0.39 is 0 Å². The van der Waals surface area contributed by atoms with Crippen molar-refractivity contribution in [3.63, 3.8) is 0 Å². The summed E-state index contributed by atoms with van der Waals surface area (Å²) in [5, 5.41) is 3.55. The average Bonchev–Trinajstić information content (AvgIpc) is 2.73. The van der Waals surface area contributed by atoms with Gasteiger partial charge in [-0.05, 0) is 37.2 Å². The summed E-state index contributed by atoms with van der Waals surface area (Å²) >= 11 is 0. The molecular formula is C22H30N4O. The lowest BCUT2D eigenvalue weighted by Gasteiger charge is -2.33. The van der Waals surface area contributed by atoms with E-state index in [-0.39, 0.29) is 6.10 Å². The zero-order valence-electron chi connectivity index (χ0n) is 16.2. The molecule has 1 N–H and O–H groups in total. The molecule has 4 rings (SSSR count). The van der Waals surface area contributed by atoms with Crippen LogP contribution in [0.25, 0.3) is 0 Å². The van der Waals surface area contributed by atoms with Crippen LogP contribution in [0.1, 0.15) is 44.3 Å². The highest BCUT2D eigenvalue weighted by atomic mass is 16.5. The quantitative estimate of drug-likeness (QED) is 0.855. The van der Waals surface area contributed by atoms with Crippen LogP contribution in [0, 0.1) is 11.8 Å². The molecular weight excluding hydrogens is 336 g/mol. The normalized spacial score (nSPS) is 26.0. The van der Waals surface area contributed by atoms with Gasteiger partial charge in [-0.2, -0.15) is 0 Å². The molecule has 5 nitrogen and oxygen atoms in total. The molecule has 0 saturated carbocycles. The van der Waals surface area contributed by atoms with Gasteiger partial charge in [0.25, 0.3) is 0 Å². The first kappa shape index (κ1) is 18.2. The van der Waals surface area contributed by atoms with Gasteiger partial charge < -0.3 is 15.0 Å². The minimum absolute atomic E-state index is 0.164. The smallest absolute Gasteiger partial charge is 0.134 e. The molecule has 2 fully saturated rings. The fraction of sp³-hybridized carbons (Fsp3) is 0.545. The molecule has 2 aliphatic rings. The Labute approximate surface area is 162 Å². The summed E-state index contributed by atoms with van der Waals surface area (Å²) in [6, 6.07) is 12.7. The summed E-state index contributed by atoms with van der Waals surface area (Å²) in [6.07, 6.45) is 6.70. The molecule has 2 saturated heterocycles. The van der Waals surface area contributed by atoms with E-state index in [0.717, 1.165) is 50.2 Å². The molecule has 27 heavy (non-hydrogen) atoms. The molecule has 3 heterocycles. The minimum atomic E-state index is 0.164. The van der Waals surface area contributed by atoms with Crippen LogP contribution in [0.2, 0.25) is 0 Å². The molecule has 1 aromatic heterocycles. The van der Waals surface area contributed by atoms with Gasteiger partial charge >= 0.3 is 0 Å². The van der Waals surface area contributed by atoms with Gasteiger partial charge in [0, 0.05) is 38.2 Å². The van der Waals surface area contributed by atoms with Crippen LogP contribution < -0.4 is 10.2 Å². The zero-order chi connectivity index (χ0) is 18.5. The van der Waals surface area contributed by atoms with Gasteiger partial charge in [0.2, 0.25) is 0 Å². The van der Waals surface area contributed by atoms with Gasteiger partial charge in [0.15, 0.2) is 0 Å². The van der Waals surface area contributed by atoms with E-state index >= 15 is 0 Å². The number of nitrogens with one attached hydrogen (secondary N) is 1. The standard InChI is InChI=1S/C22H30N4O/c1-17-7-5-11-26(15-17)21-13-20(24-16-25-21)23-14-19-10-6-12-27-22(19)18-8-3-2-4-9-18/h2-4,8-9,13,16-17,19,22H,5-7,10-12,14-15H2,1H3,(H,23,24,25). The van der Waals surface area contributed by atoms with Crippen LogP contribution in [-0.4, -0.2) is 36.2 Å². The van der Waals surface area contributed by atoms with E-state index in [1.54, 1.807) is 6.33 Å². The Morgan fingerprint density at radius 2 is 2.04 bits per heavy atom. The molecule has 0 aliphatic carbocycles. The van der Waals surface area contributed by atoms with Crippen molar-refractivity contribution in [1.82, 2.24) is 9.97 Å². The van der Waals surface area contributed by atoms with Crippen molar-refractivity contribution >= 4 is 11.6 Å². The van der Waals surface area contributed by atoms with Crippen LogP contribution in [0.3, 0.4) is 0 Å². The third kappa shape index (κ3) is 4.59. The lowest BCUT2D eigenvalue weighted by molar-refractivity contribution is -0.0238. The van der Waals surface area contributed by atoms with Crippen LogP contribution >= 0.6 is 0 Å². The number of benzene rings is 1. The molecule has 5 heteroatoms. The van der Waals surface area contributed by atoms with Crippen molar-refractivity contribution < 1.29 is 4.74 Å². The molecule has 0 spiro atoms. The van der Waals surface area contributed by atoms with Gasteiger partial charge in [-0.25, -0.2) is 9.97 Å². The monoisotopic (exact) mass is 366 g/mol. The Bertz CT molecular complexity index is 723. The predicted molar refractivity (Wildman–Crippen MR) is 109 cm³/mol. The first-order valence-corrected chi connectivity index (χ1v) is 10.3. The maximum absolute atomic E-state index is 6.11. The summed E-state index contributed by atoms with van der Waals surface area (Å²) in [6.45, 7) is 6.21. The highest BCUT2D eigenvalue weighted by Gasteiger charge is 2.27. The van der Waals surface area contributed by atoms with E-state index in [1.165, 1.54) is 24.8 Å². The number of rotatable bonds is 5. The number of nitrogens with zero attached hydrogens (tertiary/aromatic N) is 3. The van der Waals surface area contributed by atoms with Crippen molar-refractivity contribution in [1.29, 1.82) is 0 Å². The average molecular weight is 367 g/mol. The van der Waals surface area contributed by atoms with E-state index in [1.807, 2.05) is 0 Å². The summed E-state index contributed by atoms with van der Waals surface area (Å²) in [5.74, 6) is 3.14. The summed E-state index contributed by atoms with van der Waals surface area (Å²) in [4.78, 5) is 11.3. The zero-order valence-corrected chi connectivity index (χ0v) is 16.2. The summed E-state index contributed by atoms with van der Waals surface area (Å²) in [5.41, 5.74) is 1.27. The summed E-state index contributed by atoms with van der Waals surface area (Å²) in [7, 11) is 0. The van der Waals surface area contributed by atoms with Crippen molar-refractivity contribution in [2.24, 2.45) is 11.8 Å². The second-order valence-electron chi connectivity index (χ2n) is 7.94. The number of anilines is 2. The highest BCUT2D eigenvalue weighted by Crippen LogP contribution is 2.33. The van der Waals surface area contributed by atoms with Gasteiger partial charge in [0.1, 0.15) is 18.0 Å². The van der Waals surface area contributed by atoms with Crippen LogP contribution in [0.15, 0.2) is 42.7 Å². The molecule has 3 unspecified atom stereocenters. The Morgan fingerprint density at radius 3 is 2.89 bits per heavy atom. The molecule has 1 aromatic carbocycles. The second-order valence-corrected chi connectivity index (χ2v) is 7.94. The molecule has 0 bridgehead atoms. The Kier molecular flexibility index (Phi) is 5.87. The van der Waals surface area contributed by atoms with E-state index in [4.69, 9.17) is 4.74 Å². The van der Waals surface area contributed by atoms with Crippen molar-refractivity contribution in [2.75, 3.05) is 36.5 Å². The fourth-order valence-electron chi connectivity index (χ4n) is 4.31. The number of piperidine rings is 1. The first-order chi connectivity index (χ1) is 13.3. The molecule has 144 valence electrons. The van der Waals surface area contributed by atoms with Crippen molar-refractivity contribution in [3.8, 4) is 0 Å². The molecule has 0 radical (unpaired) electrons. The maximum Gasteiger partial charge on any atom is 0.134 e. The van der Waals surface area contributed by atoms with Gasteiger partial charge in [0.05, 0.1) is 6.10 Å². The number of ether oxygens (including phenoxy) is 1. The lowest BCUT2D eigenvalue weighted by atomic mass is 9.89. The number of aromatic nitrogens is 2. The Hall–Kier alpha value is -2.14. The van der Waals surface area contributed by atoms with Crippen LogP contribution in [-0.2, 0) is 4.74 Å². The fourth-order valence-corrected chi connectivity index (χ4v) is 4.31.